The van der Waals surface area contributed by atoms with Crippen molar-refractivity contribution in [1.29, 1.82) is 0 Å². The summed E-state index contributed by atoms with van der Waals surface area (Å²) in [6.07, 6.45) is 5.93. The van der Waals surface area contributed by atoms with Crippen molar-refractivity contribution in [1.82, 2.24) is 9.80 Å². The SMILES string of the molecule is CC(=O)N1C=Cc2ccccc2C1CC(=O)N1CCCC(N)C1. The standard InChI is InChI=1S/C18H23N3O2/c1-13(22)21-10-8-14-5-2-3-7-16(14)17(21)11-18(23)20-9-4-6-15(19)12-20/h2-3,5,7-8,10,15,17H,4,6,9,11-12,19H2,1H3. The van der Waals surface area contributed by atoms with Gasteiger partial charge < -0.3 is 15.5 Å². The zero-order chi connectivity index (χ0) is 16.4. The van der Waals surface area contributed by atoms with Crippen molar-refractivity contribution in [3.8, 4) is 0 Å². The van der Waals surface area contributed by atoms with Gasteiger partial charge in [-0.2, -0.15) is 0 Å². The molecule has 2 N–H and O–H groups in total. The van der Waals surface area contributed by atoms with Gasteiger partial charge in [-0.15, -0.1) is 0 Å². The summed E-state index contributed by atoms with van der Waals surface area (Å²) in [5.41, 5.74) is 8.07. The molecule has 5 nitrogen and oxygen atoms in total. The maximum absolute atomic E-state index is 12.7. The molecule has 2 atom stereocenters. The molecule has 0 aromatic heterocycles. The summed E-state index contributed by atoms with van der Waals surface area (Å²) < 4.78 is 0. The maximum Gasteiger partial charge on any atom is 0.225 e. The molecule has 2 aliphatic heterocycles. The van der Waals surface area contributed by atoms with Crippen molar-refractivity contribution in [2.75, 3.05) is 13.1 Å². The molecule has 1 aromatic carbocycles. The molecular weight excluding hydrogens is 290 g/mol. The Morgan fingerprint density at radius 1 is 1.30 bits per heavy atom. The van der Waals surface area contributed by atoms with Crippen LogP contribution in [-0.4, -0.2) is 40.7 Å². The van der Waals surface area contributed by atoms with Crippen LogP contribution in [0, 0.1) is 0 Å². The summed E-state index contributed by atoms with van der Waals surface area (Å²) in [4.78, 5) is 28.2. The Hall–Kier alpha value is -2.14. The fourth-order valence-corrected chi connectivity index (χ4v) is 3.44. The second-order valence-corrected chi connectivity index (χ2v) is 6.33. The highest BCUT2D eigenvalue weighted by molar-refractivity contribution is 5.82. The number of benzene rings is 1. The van der Waals surface area contributed by atoms with Gasteiger partial charge >= 0.3 is 0 Å². The van der Waals surface area contributed by atoms with Crippen LogP contribution in [0.3, 0.4) is 0 Å². The third-order valence-corrected chi connectivity index (χ3v) is 4.65. The minimum atomic E-state index is -0.237. The van der Waals surface area contributed by atoms with Crippen LogP contribution in [0.1, 0.15) is 43.4 Å². The molecule has 2 unspecified atom stereocenters. The van der Waals surface area contributed by atoms with Crippen LogP contribution in [0.5, 0.6) is 0 Å². The van der Waals surface area contributed by atoms with E-state index < -0.39 is 0 Å². The average molecular weight is 313 g/mol. The number of hydrogen-bond donors (Lipinski definition) is 1. The van der Waals surface area contributed by atoms with E-state index in [1.807, 2.05) is 35.2 Å². The number of fused-ring (bicyclic) bond motifs is 1. The molecule has 3 rings (SSSR count). The van der Waals surface area contributed by atoms with Gasteiger partial charge in [0.15, 0.2) is 0 Å². The van der Waals surface area contributed by atoms with Gasteiger partial charge in [-0.3, -0.25) is 9.59 Å². The van der Waals surface area contributed by atoms with E-state index >= 15 is 0 Å². The summed E-state index contributed by atoms with van der Waals surface area (Å²) in [5.74, 6) is 0.0189. The van der Waals surface area contributed by atoms with Crippen LogP contribution in [0.15, 0.2) is 30.5 Å². The Morgan fingerprint density at radius 3 is 2.83 bits per heavy atom. The molecule has 0 saturated carbocycles. The van der Waals surface area contributed by atoms with Crippen molar-refractivity contribution in [2.24, 2.45) is 5.73 Å². The number of piperidine rings is 1. The molecule has 0 radical (unpaired) electrons. The smallest absolute Gasteiger partial charge is 0.225 e. The zero-order valence-corrected chi connectivity index (χ0v) is 13.4. The summed E-state index contributed by atoms with van der Waals surface area (Å²) in [6, 6.07) is 7.75. The highest BCUT2D eigenvalue weighted by Crippen LogP contribution is 2.33. The molecule has 1 saturated heterocycles. The quantitative estimate of drug-likeness (QED) is 0.907. The topological polar surface area (TPSA) is 66.6 Å². The second kappa shape index (κ2) is 6.54. The first-order chi connectivity index (χ1) is 11.1. The molecule has 2 heterocycles. The molecule has 122 valence electrons. The van der Waals surface area contributed by atoms with Gasteiger partial charge in [0.2, 0.25) is 11.8 Å². The third-order valence-electron chi connectivity index (χ3n) is 4.65. The molecule has 5 heteroatoms. The Bertz CT molecular complexity index is 641. The van der Waals surface area contributed by atoms with Crippen molar-refractivity contribution >= 4 is 17.9 Å². The van der Waals surface area contributed by atoms with Crippen LogP contribution in [0.4, 0.5) is 0 Å². The van der Waals surface area contributed by atoms with E-state index in [0.29, 0.717) is 13.0 Å². The van der Waals surface area contributed by atoms with Gasteiger partial charge in [-0.1, -0.05) is 24.3 Å². The van der Waals surface area contributed by atoms with E-state index in [0.717, 1.165) is 30.5 Å². The maximum atomic E-state index is 12.7. The van der Waals surface area contributed by atoms with Crippen LogP contribution in [-0.2, 0) is 9.59 Å². The number of amides is 2. The first kappa shape index (κ1) is 15.7. The molecule has 1 aromatic rings. The first-order valence-electron chi connectivity index (χ1n) is 8.15. The summed E-state index contributed by atoms with van der Waals surface area (Å²) >= 11 is 0. The molecule has 0 bridgehead atoms. The Balaban J connectivity index is 1.82. The van der Waals surface area contributed by atoms with E-state index in [2.05, 4.69) is 0 Å². The Morgan fingerprint density at radius 2 is 2.09 bits per heavy atom. The number of likely N-dealkylation sites (tertiary alicyclic amines) is 1. The predicted molar refractivity (Wildman–Crippen MR) is 89.1 cm³/mol. The van der Waals surface area contributed by atoms with Gasteiger partial charge in [0.05, 0.1) is 12.5 Å². The van der Waals surface area contributed by atoms with Gasteiger partial charge in [-0.05, 0) is 30.0 Å². The Labute approximate surface area is 136 Å². The van der Waals surface area contributed by atoms with E-state index in [1.165, 1.54) is 6.92 Å². The highest BCUT2D eigenvalue weighted by Gasteiger charge is 2.30. The molecule has 1 fully saturated rings. The molecule has 0 spiro atoms. The van der Waals surface area contributed by atoms with Crippen molar-refractivity contribution in [3.05, 3.63) is 41.6 Å². The minimum absolute atomic E-state index is 0.0519. The fourth-order valence-electron chi connectivity index (χ4n) is 3.44. The number of carbonyl (C=O) groups is 2. The first-order valence-corrected chi connectivity index (χ1v) is 8.15. The van der Waals surface area contributed by atoms with Crippen LogP contribution < -0.4 is 5.73 Å². The monoisotopic (exact) mass is 313 g/mol. The Kier molecular flexibility index (Phi) is 4.48. The van der Waals surface area contributed by atoms with Crippen molar-refractivity contribution < 1.29 is 9.59 Å². The van der Waals surface area contributed by atoms with E-state index in [9.17, 15) is 9.59 Å². The molecule has 2 amide bonds. The van der Waals surface area contributed by atoms with E-state index in [4.69, 9.17) is 5.73 Å². The molecule has 0 aliphatic carbocycles. The van der Waals surface area contributed by atoms with Crippen molar-refractivity contribution in [3.63, 3.8) is 0 Å². The summed E-state index contributed by atoms with van der Waals surface area (Å²) in [7, 11) is 0. The zero-order valence-electron chi connectivity index (χ0n) is 13.4. The summed E-state index contributed by atoms with van der Waals surface area (Å²) in [6.45, 7) is 2.91. The highest BCUT2D eigenvalue weighted by atomic mass is 16.2. The molecular formula is C18H23N3O2. The third kappa shape index (κ3) is 3.29. The van der Waals surface area contributed by atoms with Crippen LogP contribution >= 0.6 is 0 Å². The minimum Gasteiger partial charge on any atom is -0.341 e. The van der Waals surface area contributed by atoms with E-state index in [-0.39, 0.29) is 23.9 Å². The van der Waals surface area contributed by atoms with Gasteiger partial charge in [0.25, 0.3) is 0 Å². The number of nitrogens with two attached hydrogens (primary N) is 1. The lowest BCUT2D eigenvalue weighted by Gasteiger charge is -2.36. The van der Waals surface area contributed by atoms with Crippen molar-refractivity contribution in [2.45, 2.75) is 38.3 Å². The summed E-state index contributed by atoms with van der Waals surface area (Å²) in [5, 5.41) is 0. The van der Waals surface area contributed by atoms with Gasteiger partial charge in [0.1, 0.15) is 0 Å². The normalized spacial score (nSPS) is 23.6. The molecule has 23 heavy (non-hydrogen) atoms. The lowest BCUT2D eigenvalue weighted by molar-refractivity contribution is -0.135. The fraction of sp³-hybridized carbons (Fsp3) is 0.444. The number of rotatable bonds is 2. The predicted octanol–water partition coefficient (Wildman–Crippen LogP) is 1.90. The van der Waals surface area contributed by atoms with Crippen LogP contribution in [0.2, 0.25) is 0 Å². The number of carbonyl (C=O) groups excluding carboxylic acids is 2. The van der Waals surface area contributed by atoms with Gasteiger partial charge in [0, 0.05) is 32.3 Å². The van der Waals surface area contributed by atoms with E-state index in [1.54, 1.807) is 11.1 Å². The lowest BCUT2D eigenvalue weighted by Crippen LogP contribution is -2.46. The molecule has 2 aliphatic rings. The average Bonchev–Trinajstić information content (AvgIpc) is 2.54. The van der Waals surface area contributed by atoms with Crippen LogP contribution in [0.25, 0.3) is 6.08 Å². The van der Waals surface area contributed by atoms with Gasteiger partial charge in [-0.25, -0.2) is 0 Å². The second-order valence-electron chi connectivity index (χ2n) is 6.33. The number of hydrogen-bond acceptors (Lipinski definition) is 3. The lowest BCUT2D eigenvalue weighted by atomic mass is 9.93. The largest absolute Gasteiger partial charge is 0.341 e. The number of nitrogens with zero attached hydrogens (tertiary/aromatic N) is 2.